The number of halogens is 1. The van der Waals surface area contributed by atoms with Crippen LogP contribution >= 0.6 is 0 Å². The molecule has 0 saturated carbocycles. The molecule has 3 rings (SSSR count). The maximum atomic E-state index is 13.5. The summed E-state index contributed by atoms with van der Waals surface area (Å²) >= 11 is 0. The maximum Gasteiger partial charge on any atom is 0.228 e. The first-order valence-corrected chi connectivity index (χ1v) is 9.30. The van der Waals surface area contributed by atoms with E-state index in [2.05, 4.69) is 4.90 Å². The number of hydrogen-bond donors (Lipinski definition) is 0. The fourth-order valence-electron chi connectivity index (χ4n) is 4.22. The summed E-state index contributed by atoms with van der Waals surface area (Å²) in [5, 5.41) is 0. The minimum atomic E-state index is -0.181. The Morgan fingerprint density at radius 2 is 1.96 bits per heavy atom. The van der Waals surface area contributed by atoms with E-state index in [0.29, 0.717) is 19.1 Å². The van der Waals surface area contributed by atoms with E-state index in [9.17, 15) is 9.18 Å². The van der Waals surface area contributed by atoms with Crippen LogP contribution in [0.1, 0.15) is 36.8 Å². The molecule has 1 spiro atoms. The van der Waals surface area contributed by atoms with Crippen molar-refractivity contribution in [1.29, 1.82) is 0 Å². The molecule has 2 aliphatic rings. The molecule has 0 atom stereocenters. The van der Waals surface area contributed by atoms with Crippen LogP contribution in [0.15, 0.2) is 18.2 Å². The van der Waals surface area contributed by atoms with Crippen molar-refractivity contribution in [2.75, 3.05) is 39.9 Å². The smallest absolute Gasteiger partial charge is 0.228 e. The summed E-state index contributed by atoms with van der Waals surface area (Å²) in [7, 11) is 1.68. The first kappa shape index (κ1) is 18.3. The number of hydrogen-bond acceptors (Lipinski definition) is 3. The Hall–Kier alpha value is -1.46. The summed E-state index contributed by atoms with van der Waals surface area (Å²) in [5.41, 5.74) is 1.99. The molecule has 138 valence electrons. The predicted molar refractivity (Wildman–Crippen MR) is 95.8 cm³/mol. The molecular formula is C20H29FN2O2. The van der Waals surface area contributed by atoms with E-state index in [1.807, 2.05) is 17.9 Å². The van der Waals surface area contributed by atoms with Crippen LogP contribution in [0.2, 0.25) is 0 Å². The van der Waals surface area contributed by atoms with Gasteiger partial charge < -0.3 is 9.64 Å². The van der Waals surface area contributed by atoms with Crippen molar-refractivity contribution in [3.8, 4) is 0 Å². The topological polar surface area (TPSA) is 32.8 Å². The fraction of sp³-hybridized carbons (Fsp3) is 0.650. The second-order valence-electron chi connectivity index (χ2n) is 7.52. The number of carbonyl (C=O) groups is 1. The number of amides is 1. The van der Waals surface area contributed by atoms with Crippen molar-refractivity contribution in [2.24, 2.45) is 5.41 Å². The van der Waals surface area contributed by atoms with Gasteiger partial charge in [-0.25, -0.2) is 4.39 Å². The lowest BCUT2D eigenvalue weighted by atomic mass is 9.71. The summed E-state index contributed by atoms with van der Waals surface area (Å²) in [4.78, 5) is 17.3. The standard InChI is InChI=1S/C20H29FN2O2/c1-16-4-5-18(21)14-17(16)15-22-10-7-20(8-11-22)6-3-9-23(19(20)24)12-13-25-2/h4-5,14H,3,6-13,15H2,1-2H3. The summed E-state index contributed by atoms with van der Waals surface area (Å²) in [6, 6.07) is 4.99. The molecule has 0 bridgehead atoms. The number of benzene rings is 1. The second-order valence-corrected chi connectivity index (χ2v) is 7.52. The van der Waals surface area contributed by atoms with E-state index >= 15 is 0 Å². The highest BCUT2D eigenvalue weighted by Crippen LogP contribution is 2.41. The number of ether oxygens (including phenoxy) is 1. The van der Waals surface area contributed by atoms with Gasteiger partial charge in [0.1, 0.15) is 5.82 Å². The average molecular weight is 348 g/mol. The molecule has 5 heteroatoms. The van der Waals surface area contributed by atoms with Crippen LogP contribution < -0.4 is 0 Å². The number of nitrogens with zero attached hydrogens (tertiary/aromatic N) is 2. The van der Waals surface area contributed by atoms with Crippen molar-refractivity contribution < 1.29 is 13.9 Å². The Bertz CT molecular complexity index is 612. The number of carbonyl (C=O) groups excluding carboxylic acids is 1. The Kier molecular flexibility index (Phi) is 5.74. The Labute approximate surface area is 149 Å². The zero-order valence-corrected chi connectivity index (χ0v) is 15.4. The van der Waals surface area contributed by atoms with Crippen LogP contribution in [0.3, 0.4) is 0 Å². The van der Waals surface area contributed by atoms with E-state index in [1.165, 1.54) is 6.07 Å². The first-order chi connectivity index (χ1) is 12.0. The van der Waals surface area contributed by atoms with E-state index in [1.54, 1.807) is 13.2 Å². The van der Waals surface area contributed by atoms with Gasteiger partial charge in [0, 0.05) is 26.7 Å². The summed E-state index contributed by atoms with van der Waals surface area (Å²) in [6.45, 7) is 6.76. The monoisotopic (exact) mass is 348 g/mol. The lowest BCUT2D eigenvalue weighted by Crippen LogP contribution is -2.54. The van der Waals surface area contributed by atoms with Gasteiger partial charge in [-0.3, -0.25) is 9.69 Å². The zero-order valence-electron chi connectivity index (χ0n) is 15.4. The Morgan fingerprint density at radius 1 is 1.20 bits per heavy atom. The highest BCUT2D eigenvalue weighted by molar-refractivity contribution is 5.83. The van der Waals surface area contributed by atoms with Gasteiger partial charge in [0.05, 0.1) is 12.0 Å². The summed E-state index contributed by atoms with van der Waals surface area (Å²) in [5.74, 6) is 0.141. The molecule has 4 nitrogen and oxygen atoms in total. The highest BCUT2D eigenvalue weighted by atomic mass is 19.1. The fourth-order valence-corrected chi connectivity index (χ4v) is 4.22. The van der Waals surface area contributed by atoms with Crippen molar-refractivity contribution in [1.82, 2.24) is 9.80 Å². The van der Waals surface area contributed by atoms with Crippen LogP contribution in [-0.2, 0) is 16.1 Å². The average Bonchev–Trinajstić information content (AvgIpc) is 2.61. The molecule has 0 N–H and O–H groups in total. The Balaban J connectivity index is 1.60. The summed E-state index contributed by atoms with van der Waals surface area (Å²) < 4.78 is 18.6. The molecule has 0 radical (unpaired) electrons. The summed E-state index contributed by atoms with van der Waals surface area (Å²) in [6.07, 6.45) is 3.90. The number of aryl methyl sites for hydroxylation is 1. The highest BCUT2D eigenvalue weighted by Gasteiger charge is 2.45. The van der Waals surface area contributed by atoms with Gasteiger partial charge in [0.25, 0.3) is 0 Å². The van der Waals surface area contributed by atoms with Crippen molar-refractivity contribution in [3.05, 3.63) is 35.1 Å². The van der Waals surface area contributed by atoms with E-state index in [4.69, 9.17) is 4.74 Å². The third kappa shape index (κ3) is 4.04. The molecule has 25 heavy (non-hydrogen) atoms. The quantitative estimate of drug-likeness (QED) is 0.820. The molecule has 1 aromatic carbocycles. The van der Waals surface area contributed by atoms with E-state index in [-0.39, 0.29) is 11.2 Å². The van der Waals surface area contributed by atoms with Gasteiger partial charge in [0.2, 0.25) is 5.91 Å². The molecule has 2 fully saturated rings. The third-order valence-corrected chi connectivity index (χ3v) is 5.91. The van der Waals surface area contributed by atoms with Crippen molar-refractivity contribution in [2.45, 2.75) is 39.2 Å². The van der Waals surface area contributed by atoms with Gasteiger partial charge in [-0.05, 0) is 69.0 Å². The van der Waals surface area contributed by atoms with Crippen molar-refractivity contribution in [3.63, 3.8) is 0 Å². The number of piperidine rings is 2. The van der Waals surface area contributed by atoms with Crippen LogP contribution in [0.5, 0.6) is 0 Å². The SMILES string of the molecule is COCCN1CCCC2(CCN(Cc3cc(F)ccc3C)CC2)C1=O. The van der Waals surface area contributed by atoms with E-state index < -0.39 is 0 Å². The van der Waals surface area contributed by atoms with E-state index in [0.717, 1.165) is 63.0 Å². The number of likely N-dealkylation sites (tertiary alicyclic amines) is 2. The van der Waals surface area contributed by atoms with Crippen LogP contribution in [0.4, 0.5) is 4.39 Å². The molecule has 1 amide bonds. The predicted octanol–water partition coefficient (Wildman–Crippen LogP) is 2.99. The second kappa shape index (κ2) is 7.83. The van der Waals surface area contributed by atoms with Gasteiger partial charge >= 0.3 is 0 Å². The normalized spacial score (nSPS) is 21.1. The number of methoxy groups -OCH3 is 1. The zero-order chi connectivity index (χ0) is 17.9. The van der Waals surface area contributed by atoms with Gasteiger partial charge in [-0.2, -0.15) is 0 Å². The van der Waals surface area contributed by atoms with Crippen LogP contribution in [-0.4, -0.2) is 55.6 Å². The molecule has 2 saturated heterocycles. The molecule has 0 aliphatic carbocycles. The molecule has 0 aromatic heterocycles. The third-order valence-electron chi connectivity index (χ3n) is 5.91. The lowest BCUT2D eigenvalue weighted by molar-refractivity contribution is -0.150. The van der Waals surface area contributed by atoms with Gasteiger partial charge in [0.15, 0.2) is 0 Å². The molecule has 1 aromatic rings. The molecule has 2 aliphatic heterocycles. The van der Waals surface area contributed by atoms with Crippen LogP contribution in [0.25, 0.3) is 0 Å². The van der Waals surface area contributed by atoms with Crippen molar-refractivity contribution >= 4 is 5.91 Å². The largest absolute Gasteiger partial charge is 0.383 e. The molecular weight excluding hydrogens is 319 g/mol. The maximum absolute atomic E-state index is 13.5. The minimum absolute atomic E-state index is 0.176. The minimum Gasteiger partial charge on any atom is -0.383 e. The Morgan fingerprint density at radius 3 is 2.68 bits per heavy atom. The van der Waals surface area contributed by atoms with Crippen LogP contribution in [0, 0.1) is 18.2 Å². The molecule has 2 heterocycles. The van der Waals surface area contributed by atoms with Gasteiger partial charge in [-0.15, -0.1) is 0 Å². The lowest BCUT2D eigenvalue weighted by Gasteiger charge is -2.46. The first-order valence-electron chi connectivity index (χ1n) is 9.30. The molecule has 0 unspecified atom stereocenters. The van der Waals surface area contributed by atoms with Gasteiger partial charge in [-0.1, -0.05) is 6.07 Å². The number of rotatable bonds is 5.